The van der Waals surface area contributed by atoms with Gasteiger partial charge in [0.1, 0.15) is 0 Å². The lowest BCUT2D eigenvalue weighted by atomic mass is 9.88. The van der Waals surface area contributed by atoms with Gasteiger partial charge in [-0.3, -0.25) is 0 Å². The Labute approximate surface area is 115 Å². The van der Waals surface area contributed by atoms with Crippen molar-refractivity contribution in [2.75, 3.05) is 20.1 Å². The lowest BCUT2D eigenvalue weighted by molar-refractivity contribution is 0.182. The molecule has 2 nitrogen and oxygen atoms in total. The van der Waals surface area contributed by atoms with Crippen molar-refractivity contribution in [1.82, 2.24) is 10.2 Å². The molecule has 108 valence electrons. The van der Waals surface area contributed by atoms with E-state index in [0.717, 1.165) is 12.5 Å². The van der Waals surface area contributed by atoms with E-state index >= 15 is 0 Å². The molecule has 1 rings (SSSR count). The number of hydrogen-bond donors (Lipinski definition) is 1. The van der Waals surface area contributed by atoms with Gasteiger partial charge in [0.25, 0.3) is 0 Å². The molecule has 1 saturated carbocycles. The van der Waals surface area contributed by atoms with Crippen molar-refractivity contribution < 1.29 is 0 Å². The van der Waals surface area contributed by atoms with Crippen molar-refractivity contribution in [2.24, 2.45) is 5.92 Å². The number of rotatable bonds is 6. The first-order valence-corrected chi connectivity index (χ1v) is 7.84. The summed E-state index contributed by atoms with van der Waals surface area (Å²) in [7, 11) is 2.30. The third kappa shape index (κ3) is 6.75. The normalized spacial score (nSPS) is 20.3. The van der Waals surface area contributed by atoms with Crippen LogP contribution in [0.25, 0.3) is 0 Å². The fraction of sp³-hybridized carbons (Fsp3) is 1.00. The van der Waals surface area contributed by atoms with Crippen LogP contribution >= 0.6 is 0 Å². The highest BCUT2D eigenvalue weighted by Crippen LogP contribution is 2.24. The van der Waals surface area contributed by atoms with Crippen LogP contribution in [-0.4, -0.2) is 36.6 Å². The van der Waals surface area contributed by atoms with Gasteiger partial charge >= 0.3 is 0 Å². The van der Waals surface area contributed by atoms with Gasteiger partial charge in [0.2, 0.25) is 0 Å². The summed E-state index contributed by atoms with van der Waals surface area (Å²) in [5.41, 5.74) is 0.252. The van der Waals surface area contributed by atoms with E-state index < -0.39 is 0 Å². The van der Waals surface area contributed by atoms with Crippen LogP contribution in [0.5, 0.6) is 0 Å². The van der Waals surface area contributed by atoms with E-state index in [2.05, 4.69) is 45.0 Å². The summed E-state index contributed by atoms with van der Waals surface area (Å²) in [5.74, 6) is 0.960. The van der Waals surface area contributed by atoms with Gasteiger partial charge < -0.3 is 10.2 Å². The maximum absolute atomic E-state index is 3.58. The zero-order valence-corrected chi connectivity index (χ0v) is 13.3. The van der Waals surface area contributed by atoms with E-state index in [1.165, 1.54) is 45.1 Å². The fourth-order valence-electron chi connectivity index (χ4n) is 2.83. The lowest BCUT2D eigenvalue weighted by Crippen LogP contribution is -2.40. The Morgan fingerprint density at radius 3 is 2.33 bits per heavy atom. The van der Waals surface area contributed by atoms with Crippen molar-refractivity contribution >= 4 is 0 Å². The van der Waals surface area contributed by atoms with Crippen LogP contribution in [0.4, 0.5) is 0 Å². The maximum atomic E-state index is 3.58. The second kappa shape index (κ2) is 7.49. The molecule has 0 aromatic heterocycles. The average Bonchev–Trinajstić information content (AvgIpc) is 2.28. The Morgan fingerprint density at radius 1 is 1.17 bits per heavy atom. The molecule has 0 saturated heterocycles. The van der Waals surface area contributed by atoms with Crippen molar-refractivity contribution in [3.05, 3.63) is 0 Å². The van der Waals surface area contributed by atoms with E-state index in [0.29, 0.717) is 6.04 Å². The van der Waals surface area contributed by atoms with Crippen LogP contribution in [0, 0.1) is 5.92 Å². The summed E-state index contributed by atoms with van der Waals surface area (Å²) >= 11 is 0. The van der Waals surface area contributed by atoms with Gasteiger partial charge in [-0.05, 0) is 66.5 Å². The molecule has 1 unspecified atom stereocenters. The van der Waals surface area contributed by atoms with Crippen LogP contribution in [0.2, 0.25) is 0 Å². The smallest absolute Gasteiger partial charge is 0.00965 e. The molecule has 0 heterocycles. The Balaban J connectivity index is 2.17. The Bertz CT molecular complexity index is 214. The van der Waals surface area contributed by atoms with Crippen molar-refractivity contribution in [3.63, 3.8) is 0 Å². The third-order valence-electron chi connectivity index (χ3n) is 4.24. The van der Waals surface area contributed by atoms with E-state index in [1.807, 2.05) is 0 Å². The van der Waals surface area contributed by atoms with Gasteiger partial charge in [0.05, 0.1) is 0 Å². The molecule has 0 radical (unpaired) electrons. The Hall–Kier alpha value is -0.0800. The monoisotopic (exact) mass is 254 g/mol. The van der Waals surface area contributed by atoms with Crippen molar-refractivity contribution in [2.45, 2.75) is 77.8 Å². The third-order valence-corrected chi connectivity index (χ3v) is 4.24. The standard InChI is InChI=1S/C16H34N2/c1-14(11-12-17-16(2,3)4)18(5)13-15-9-7-6-8-10-15/h14-15,17H,6-13H2,1-5H3. The summed E-state index contributed by atoms with van der Waals surface area (Å²) in [4.78, 5) is 2.57. The first-order chi connectivity index (χ1) is 8.38. The van der Waals surface area contributed by atoms with Crippen molar-refractivity contribution in [3.8, 4) is 0 Å². The molecule has 2 heteroatoms. The van der Waals surface area contributed by atoms with Crippen LogP contribution in [0.15, 0.2) is 0 Å². The Morgan fingerprint density at radius 2 is 1.78 bits per heavy atom. The van der Waals surface area contributed by atoms with Gasteiger partial charge in [0, 0.05) is 18.1 Å². The molecule has 1 aliphatic rings. The minimum Gasteiger partial charge on any atom is -0.312 e. The van der Waals surface area contributed by atoms with Gasteiger partial charge in [0.15, 0.2) is 0 Å². The van der Waals surface area contributed by atoms with E-state index in [-0.39, 0.29) is 5.54 Å². The minimum absolute atomic E-state index is 0.252. The molecule has 18 heavy (non-hydrogen) atoms. The molecule has 0 amide bonds. The molecule has 0 spiro atoms. The molecule has 1 N–H and O–H groups in total. The van der Waals surface area contributed by atoms with E-state index in [9.17, 15) is 0 Å². The van der Waals surface area contributed by atoms with Gasteiger partial charge in [-0.15, -0.1) is 0 Å². The van der Waals surface area contributed by atoms with Crippen LogP contribution < -0.4 is 5.32 Å². The predicted octanol–water partition coefficient (Wildman–Crippen LogP) is 3.67. The molecular formula is C16H34N2. The molecule has 1 fully saturated rings. The molecule has 0 bridgehead atoms. The van der Waals surface area contributed by atoms with Crippen LogP contribution in [-0.2, 0) is 0 Å². The molecule has 0 aromatic carbocycles. The van der Waals surface area contributed by atoms with E-state index in [1.54, 1.807) is 0 Å². The fourth-order valence-corrected chi connectivity index (χ4v) is 2.83. The maximum Gasteiger partial charge on any atom is 0.00965 e. The number of hydrogen-bond acceptors (Lipinski definition) is 2. The van der Waals surface area contributed by atoms with Gasteiger partial charge in [-0.1, -0.05) is 19.3 Å². The highest BCUT2D eigenvalue weighted by molar-refractivity contribution is 4.75. The SMILES string of the molecule is CC(CCNC(C)(C)C)N(C)CC1CCCCC1. The molecule has 0 aliphatic heterocycles. The quantitative estimate of drug-likeness (QED) is 0.778. The minimum atomic E-state index is 0.252. The predicted molar refractivity (Wildman–Crippen MR) is 81.0 cm³/mol. The topological polar surface area (TPSA) is 15.3 Å². The summed E-state index contributed by atoms with van der Waals surface area (Å²) in [6.45, 7) is 11.5. The zero-order chi connectivity index (χ0) is 13.6. The molecule has 1 atom stereocenters. The second-order valence-electron chi connectivity index (χ2n) is 7.26. The Kier molecular flexibility index (Phi) is 6.65. The summed E-state index contributed by atoms with van der Waals surface area (Å²) in [6, 6.07) is 0.696. The second-order valence-corrected chi connectivity index (χ2v) is 7.26. The highest BCUT2D eigenvalue weighted by atomic mass is 15.1. The number of nitrogens with zero attached hydrogens (tertiary/aromatic N) is 1. The number of nitrogens with one attached hydrogen (secondary N) is 1. The molecule has 0 aromatic rings. The van der Waals surface area contributed by atoms with Gasteiger partial charge in [-0.25, -0.2) is 0 Å². The van der Waals surface area contributed by atoms with Gasteiger partial charge in [-0.2, -0.15) is 0 Å². The summed E-state index contributed by atoms with van der Waals surface area (Å²) in [5, 5.41) is 3.58. The van der Waals surface area contributed by atoms with Crippen molar-refractivity contribution in [1.29, 1.82) is 0 Å². The lowest BCUT2D eigenvalue weighted by Gasteiger charge is -2.31. The molecule has 1 aliphatic carbocycles. The highest BCUT2D eigenvalue weighted by Gasteiger charge is 2.18. The first kappa shape index (κ1) is 16.0. The summed E-state index contributed by atoms with van der Waals surface area (Å²) in [6.07, 6.45) is 8.54. The first-order valence-electron chi connectivity index (χ1n) is 7.84. The molecular weight excluding hydrogens is 220 g/mol. The largest absolute Gasteiger partial charge is 0.312 e. The summed E-state index contributed by atoms with van der Waals surface area (Å²) < 4.78 is 0. The van der Waals surface area contributed by atoms with Crippen LogP contribution in [0.3, 0.4) is 0 Å². The van der Waals surface area contributed by atoms with Crippen LogP contribution in [0.1, 0.15) is 66.2 Å². The van der Waals surface area contributed by atoms with E-state index in [4.69, 9.17) is 0 Å². The average molecular weight is 254 g/mol. The zero-order valence-electron chi connectivity index (χ0n) is 13.3.